The molecular formula is C36H49N5OS. The summed E-state index contributed by atoms with van der Waals surface area (Å²) < 4.78 is 3.93. The highest BCUT2D eigenvalue weighted by Gasteiger charge is 2.28. The molecule has 2 N–H and O–H groups in total. The molecule has 1 unspecified atom stereocenters. The van der Waals surface area contributed by atoms with E-state index in [9.17, 15) is 4.79 Å². The first-order valence-corrected chi connectivity index (χ1v) is 17.3. The van der Waals surface area contributed by atoms with Crippen molar-refractivity contribution in [2.45, 2.75) is 89.6 Å². The number of thiocarbonyl (C=S) groups is 1. The van der Waals surface area contributed by atoms with E-state index in [1.54, 1.807) is 0 Å². The van der Waals surface area contributed by atoms with Gasteiger partial charge in [0.1, 0.15) is 0 Å². The second-order valence-electron chi connectivity index (χ2n) is 12.9. The van der Waals surface area contributed by atoms with Gasteiger partial charge in [0.2, 0.25) is 0 Å². The molecule has 3 aliphatic rings. The molecule has 6 nitrogen and oxygen atoms in total. The largest absolute Gasteiger partial charge is 0.355 e. The zero-order chi connectivity index (χ0) is 29.4. The van der Waals surface area contributed by atoms with Crippen LogP contribution in [0.15, 0.2) is 65.5 Å². The summed E-state index contributed by atoms with van der Waals surface area (Å²) in [4.78, 5) is 16.1. The van der Waals surface area contributed by atoms with Gasteiger partial charge in [0.05, 0.1) is 17.1 Å². The molecule has 7 heteroatoms. The number of aryl methyl sites for hydroxylation is 1. The Hall–Kier alpha value is -2.90. The fraction of sp³-hybridized carbons (Fsp3) is 0.556. The Kier molecular flexibility index (Phi) is 10.3. The van der Waals surface area contributed by atoms with Gasteiger partial charge in [-0.15, -0.1) is 0 Å². The molecule has 2 fully saturated rings. The molecule has 3 aromatic rings. The van der Waals surface area contributed by atoms with Crippen LogP contribution in [-0.4, -0.2) is 45.3 Å². The third-order valence-electron chi connectivity index (χ3n) is 10.0. The second-order valence-corrected chi connectivity index (χ2v) is 13.3. The van der Waals surface area contributed by atoms with Crippen LogP contribution < -0.4 is 16.3 Å². The minimum atomic E-state index is 0.0790. The SMILES string of the molecule is O=c1n(CCCNCC2CCCCC2)c2ccccc2n1C1=CCN(C(=S)NC(c2ccccc2)C2CCCCC2)CC1. The third-order valence-corrected chi connectivity index (χ3v) is 10.4. The Morgan fingerprint density at radius 1 is 0.884 bits per heavy atom. The minimum absolute atomic E-state index is 0.0790. The van der Waals surface area contributed by atoms with E-state index in [0.717, 1.165) is 66.8 Å². The summed E-state index contributed by atoms with van der Waals surface area (Å²) >= 11 is 6.00. The number of benzene rings is 2. The third kappa shape index (κ3) is 7.26. The molecule has 0 bridgehead atoms. The maximum absolute atomic E-state index is 13.8. The number of hydrogen-bond acceptors (Lipinski definition) is 3. The van der Waals surface area contributed by atoms with E-state index in [1.165, 1.54) is 69.8 Å². The first-order chi connectivity index (χ1) is 21.2. The van der Waals surface area contributed by atoms with Crippen LogP contribution in [0.4, 0.5) is 0 Å². The molecule has 43 heavy (non-hydrogen) atoms. The van der Waals surface area contributed by atoms with Gasteiger partial charge >= 0.3 is 5.69 Å². The van der Waals surface area contributed by atoms with Gasteiger partial charge in [-0.2, -0.15) is 0 Å². The minimum Gasteiger partial charge on any atom is -0.355 e. The Balaban J connectivity index is 1.11. The van der Waals surface area contributed by atoms with E-state index in [2.05, 4.69) is 64.1 Å². The van der Waals surface area contributed by atoms with Gasteiger partial charge in [-0.1, -0.05) is 81.0 Å². The predicted molar refractivity (Wildman–Crippen MR) is 182 cm³/mol. The predicted octanol–water partition coefficient (Wildman–Crippen LogP) is 7.11. The Morgan fingerprint density at radius 2 is 1.58 bits per heavy atom. The molecule has 2 saturated carbocycles. The lowest BCUT2D eigenvalue weighted by atomic mass is 9.81. The Labute approximate surface area is 262 Å². The van der Waals surface area contributed by atoms with Crippen molar-refractivity contribution >= 4 is 34.1 Å². The molecule has 230 valence electrons. The molecule has 2 aliphatic carbocycles. The average molecular weight is 600 g/mol. The van der Waals surface area contributed by atoms with Crippen LogP contribution in [0.1, 0.15) is 88.7 Å². The second kappa shape index (κ2) is 14.7. The number of rotatable bonds is 10. The van der Waals surface area contributed by atoms with Crippen LogP contribution in [0.3, 0.4) is 0 Å². The van der Waals surface area contributed by atoms with Gasteiger partial charge in [0.25, 0.3) is 0 Å². The Bertz CT molecular complexity index is 1430. The molecule has 0 amide bonds. The highest BCUT2D eigenvalue weighted by Crippen LogP contribution is 2.35. The molecular weight excluding hydrogens is 550 g/mol. The fourth-order valence-corrected chi connectivity index (χ4v) is 7.93. The smallest absolute Gasteiger partial charge is 0.333 e. The van der Waals surface area contributed by atoms with Crippen LogP contribution in [0.25, 0.3) is 16.7 Å². The topological polar surface area (TPSA) is 54.2 Å². The summed E-state index contributed by atoms with van der Waals surface area (Å²) in [5.74, 6) is 1.44. The molecule has 1 aliphatic heterocycles. The lowest BCUT2D eigenvalue weighted by Crippen LogP contribution is -2.45. The van der Waals surface area contributed by atoms with Crippen molar-refractivity contribution in [3.05, 3.63) is 76.7 Å². The first kappa shape index (κ1) is 30.1. The van der Waals surface area contributed by atoms with E-state index in [0.29, 0.717) is 12.5 Å². The van der Waals surface area contributed by atoms with E-state index in [-0.39, 0.29) is 11.7 Å². The van der Waals surface area contributed by atoms with Gasteiger partial charge in [0, 0.05) is 31.8 Å². The van der Waals surface area contributed by atoms with Gasteiger partial charge in [-0.25, -0.2) is 4.79 Å². The van der Waals surface area contributed by atoms with E-state index in [4.69, 9.17) is 12.2 Å². The molecule has 6 rings (SSSR count). The van der Waals surface area contributed by atoms with Crippen molar-refractivity contribution in [1.82, 2.24) is 24.7 Å². The van der Waals surface area contributed by atoms with Crippen LogP contribution in [-0.2, 0) is 6.54 Å². The summed E-state index contributed by atoms with van der Waals surface area (Å²) in [6.45, 7) is 4.32. The maximum atomic E-state index is 13.8. The zero-order valence-corrected chi connectivity index (χ0v) is 26.5. The zero-order valence-electron chi connectivity index (χ0n) is 25.7. The van der Waals surface area contributed by atoms with Crippen molar-refractivity contribution in [1.29, 1.82) is 0 Å². The van der Waals surface area contributed by atoms with Crippen molar-refractivity contribution in [2.75, 3.05) is 26.2 Å². The van der Waals surface area contributed by atoms with Gasteiger partial charge in [-0.05, 0) is 93.0 Å². The molecule has 0 radical (unpaired) electrons. The number of hydrogen-bond donors (Lipinski definition) is 2. The van der Waals surface area contributed by atoms with Gasteiger partial charge < -0.3 is 15.5 Å². The summed E-state index contributed by atoms with van der Waals surface area (Å²) in [5, 5.41) is 8.27. The standard InChI is InChI=1S/C36H49N5OS/c42-36-40(24-12-23-37-27-28-13-4-1-5-14-28)32-19-10-11-20-33(32)41(36)31-21-25-39(26-22-31)35(43)38-34(29-15-6-2-7-16-29)30-17-8-3-9-18-30/h2,6-7,10-11,15-16,19-21,28,30,34,37H,1,3-5,8-9,12-14,17-18,22-27H2,(H,38,43). The fourth-order valence-electron chi connectivity index (χ4n) is 7.63. The van der Waals surface area contributed by atoms with Crippen LogP contribution in [0, 0.1) is 11.8 Å². The summed E-state index contributed by atoms with van der Waals surface area (Å²) in [5.41, 5.74) is 4.52. The van der Waals surface area contributed by atoms with Crippen molar-refractivity contribution in [3.8, 4) is 0 Å². The number of nitrogens with zero attached hydrogens (tertiary/aromatic N) is 3. The lowest BCUT2D eigenvalue weighted by molar-refractivity contribution is 0.285. The summed E-state index contributed by atoms with van der Waals surface area (Å²) in [7, 11) is 0. The molecule has 2 aromatic carbocycles. The van der Waals surface area contributed by atoms with Gasteiger partial charge in [-0.3, -0.25) is 9.13 Å². The van der Waals surface area contributed by atoms with Crippen molar-refractivity contribution < 1.29 is 0 Å². The first-order valence-electron chi connectivity index (χ1n) is 16.9. The summed E-state index contributed by atoms with van der Waals surface area (Å²) in [6.07, 6.45) is 17.3. The molecule has 0 saturated heterocycles. The molecule has 1 atom stereocenters. The number of aromatic nitrogens is 2. The highest BCUT2D eigenvalue weighted by molar-refractivity contribution is 7.80. The number of fused-ring (bicyclic) bond motifs is 1. The number of para-hydroxylation sites is 2. The normalized spacial score (nSPS) is 19.3. The molecule has 2 heterocycles. The number of imidazole rings is 1. The lowest BCUT2D eigenvalue weighted by Gasteiger charge is -2.36. The van der Waals surface area contributed by atoms with Crippen LogP contribution in [0.5, 0.6) is 0 Å². The van der Waals surface area contributed by atoms with E-state index in [1.807, 2.05) is 21.3 Å². The van der Waals surface area contributed by atoms with Crippen LogP contribution >= 0.6 is 12.2 Å². The van der Waals surface area contributed by atoms with Crippen molar-refractivity contribution in [3.63, 3.8) is 0 Å². The monoisotopic (exact) mass is 599 g/mol. The van der Waals surface area contributed by atoms with Crippen LogP contribution in [0.2, 0.25) is 0 Å². The average Bonchev–Trinajstić information content (AvgIpc) is 3.35. The molecule has 0 spiro atoms. The highest BCUT2D eigenvalue weighted by atomic mass is 32.1. The van der Waals surface area contributed by atoms with E-state index < -0.39 is 0 Å². The van der Waals surface area contributed by atoms with Gasteiger partial charge in [0.15, 0.2) is 5.11 Å². The van der Waals surface area contributed by atoms with Crippen molar-refractivity contribution in [2.24, 2.45) is 11.8 Å². The maximum Gasteiger partial charge on any atom is 0.333 e. The number of nitrogens with one attached hydrogen (secondary N) is 2. The summed E-state index contributed by atoms with van der Waals surface area (Å²) in [6, 6.07) is 19.3. The Morgan fingerprint density at radius 3 is 2.30 bits per heavy atom. The quantitative estimate of drug-likeness (QED) is 0.192. The van der Waals surface area contributed by atoms with E-state index >= 15 is 0 Å². The molecule has 1 aromatic heterocycles.